The molecule has 3 aromatic rings. The molecule has 1 heterocycles. The zero-order valence-corrected chi connectivity index (χ0v) is 13.1. The number of hydrogen-bond donors (Lipinski definition) is 0. The van der Waals surface area contributed by atoms with Gasteiger partial charge in [0.25, 0.3) is 0 Å². The van der Waals surface area contributed by atoms with Crippen molar-refractivity contribution in [3.63, 3.8) is 0 Å². The van der Waals surface area contributed by atoms with Gasteiger partial charge in [-0.25, -0.2) is 6.57 Å². The minimum atomic E-state index is -0.438. The van der Waals surface area contributed by atoms with Crippen molar-refractivity contribution in [2.75, 3.05) is 6.73 Å². The number of para-hydroxylation sites is 1. The lowest BCUT2D eigenvalue weighted by Gasteiger charge is -2.01. The summed E-state index contributed by atoms with van der Waals surface area (Å²) in [6.07, 6.45) is 4.09. The number of benzene rings is 2. The second kappa shape index (κ2) is 7.28. The van der Waals surface area contributed by atoms with E-state index in [-0.39, 0.29) is 17.7 Å². The molecule has 0 atom stereocenters. The summed E-state index contributed by atoms with van der Waals surface area (Å²) in [5, 5.41) is 0.372. The van der Waals surface area contributed by atoms with Crippen molar-refractivity contribution in [3.8, 4) is 5.75 Å². The molecule has 0 unspecified atom stereocenters. The summed E-state index contributed by atoms with van der Waals surface area (Å²) in [6.45, 7) is 6.65. The van der Waals surface area contributed by atoms with Crippen LogP contribution in [0, 0.1) is 6.57 Å². The molecule has 122 valence electrons. The number of allylic oxidation sites excluding steroid dienone is 1. The average Bonchev–Trinajstić information content (AvgIpc) is 2.65. The second-order valence-corrected chi connectivity index (χ2v) is 5.18. The van der Waals surface area contributed by atoms with Crippen molar-refractivity contribution in [2.45, 2.75) is 0 Å². The van der Waals surface area contributed by atoms with Gasteiger partial charge in [-0.1, -0.05) is 30.3 Å². The van der Waals surface area contributed by atoms with Crippen molar-refractivity contribution in [1.82, 2.24) is 0 Å². The Bertz CT molecular complexity index is 1060. The Labute approximate surface area is 143 Å². The van der Waals surface area contributed by atoms with E-state index >= 15 is 0 Å². The smallest absolute Gasteiger partial charge is 0.357 e. The Hall–Kier alpha value is -3.65. The number of nitrogens with zero attached hydrogens (tertiary/aromatic N) is 1. The molecule has 0 aliphatic carbocycles. The van der Waals surface area contributed by atoms with Crippen LogP contribution in [0.15, 0.2) is 70.1 Å². The van der Waals surface area contributed by atoms with Crippen molar-refractivity contribution < 1.29 is 13.9 Å². The second-order valence-electron chi connectivity index (χ2n) is 5.18. The van der Waals surface area contributed by atoms with E-state index in [0.29, 0.717) is 16.7 Å². The molecular weight excluding hydrogens is 318 g/mol. The normalized spacial score (nSPS) is 10.7. The molecule has 0 fully saturated rings. The Morgan fingerprint density at radius 2 is 2.04 bits per heavy atom. The first-order valence-electron chi connectivity index (χ1n) is 7.48. The minimum absolute atomic E-state index is 0.0182. The van der Waals surface area contributed by atoms with Crippen LogP contribution in [0.3, 0.4) is 0 Å². The van der Waals surface area contributed by atoms with E-state index in [1.165, 1.54) is 12.3 Å². The van der Waals surface area contributed by atoms with E-state index in [1.807, 2.05) is 0 Å². The Kier molecular flexibility index (Phi) is 4.72. The van der Waals surface area contributed by atoms with E-state index < -0.39 is 5.78 Å². The molecule has 0 spiro atoms. The summed E-state index contributed by atoms with van der Waals surface area (Å²) in [6, 6.07) is 13.8. The molecular formula is C20H13NO4. The predicted molar refractivity (Wildman–Crippen MR) is 94.4 cm³/mol. The van der Waals surface area contributed by atoms with E-state index in [2.05, 4.69) is 4.85 Å². The van der Waals surface area contributed by atoms with Crippen LogP contribution in [-0.2, 0) is 0 Å². The molecule has 5 heteroatoms. The number of rotatable bonds is 5. The van der Waals surface area contributed by atoms with E-state index in [1.54, 1.807) is 54.6 Å². The van der Waals surface area contributed by atoms with Crippen LogP contribution >= 0.6 is 0 Å². The first kappa shape index (κ1) is 16.2. The summed E-state index contributed by atoms with van der Waals surface area (Å²) in [4.78, 5) is 27.8. The summed E-state index contributed by atoms with van der Waals surface area (Å²) in [7, 11) is 0. The van der Waals surface area contributed by atoms with Gasteiger partial charge < -0.3 is 9.15 Å². The summed E-state index contributed by atoms with van der Waals surface area (Å²) < 4.78 is 10.6. The van der Waals surface area contributed by atoms with Gasteiger partial charge in [0.15, 0.2) is 5.78 Å². The van der Waals surface area contributed by atoms with Crippen molar-refractivity contribution >= 4 is 22.8 Å². The van der Waals surface area contributed by atoms with Crippen LogP contribution in [0.5, 0.6) is 5.75 Å². The number of ether oxygens (including phenoxy) is 1. The monoisotopic (exact) mass is 331 g/mol. The van der Waals surface area contributed by atoms with E-state index in [0.717, 1.165) is 5.56 Å². The van der Waals surface area contributed by atoms with E-state index in [9.17, 15) is 9.59 Å². The molecule has 0 saturated heterocycles. The van der Waals surface area contributed by atoms with Gasteiger partial charge in [0, 0.05) is 0 Å². The molecule has 0 aliphatic rings. The number of carbonyl (C=O) groups is 1. The van der Waals surface area contributed by atoms with Crippen LogP contribution in [0.4, 0.5) is 0 Å². The topological polar surface area (TPSA) is 60.9 Å². The lowest BCUT2D eigenvalue weighted by atomic mass is 10.1. The Morgan fingerprint density at radius 1 is 1.20 bits per heavy atom. The first-order chi connectivity index (χ1) is 12.2. The van der Waals surface area contributed by atoms with Crippen molar-refractivity contribution in [3.05, 3.63) is 93.6 Å². The van der Waals surface area contributed by atoms with Crippen LogP contribution in [0.25, 0.3) is 21.9 Å². The molecule has 0 amide bonds. The zero-order valence-electron chi connectivity index (χ0n) is 13.1. The van der Waals surface area contributed by atoms with Crippen molar-refractivity contribution in [1.29, 1.82) is 0 Å². The van der Waals surface area contributed by atoms with Gasteiger partial charge in [0.2, 0.25) is 5.43 Å². The third-order valence-corrected chi connectivity index (χ3v) is 3.53. The maximum Gasteiger partial charge on any atom is 0.357 e. The number of carbonyl (C=O) groups excluding carboxylic acids is 1. The molecule has 0 N–H and O–H groups in total. The molecule has 1 aromatic heterocycles. The quantitative estimate of drug-likeness (QED) is 0.403. The predicted octanol–water partition coefficient (Wildman–Crippen LogP) is 3.94. The van der Waals surface area contributed by atoms with Gasteiger partial charge in [-0.15, -0.1) is 0 Å². The average molecular weight is 331 g/mol. The maximum absolute atomic E-state index is 12.4. The highest BCUT2D eigenvalue weighted by atomic mass is 16.5. The molecule has 0 radical (unpaired) electrons. The fraction of sp³-hybridized carbons (Fsp3) is 0.0500. The van der Waals surface area contributed by atoms with Gasteiger partial charge in [0.05, 0.1) is 5.39 Å². The van der Waals surface area contributed by atoms with Gasteiger partial charge >= 0.3 is 6.73 Å². The van der Waals surface area contributed by atoms with Crippen LogP contribution in [0.2, 0.25) is 0 Å². The maximum atomic E-state index is 12.4. The molecule has 3 rings (SSSR count). The highest BCUT2D eigenvalue weighted by Gasteiger charge is 2.11. The van der Waals surface area contributed by atoms with Gasteiger partial charge in [-0.2, -0.15) is 0 Å². The number of ketones is 1. The Balaban J connectivity index is 1.85. The van der Waals surface area contributed by atoms with Gasteiger partial charge in [-0.05, 0) is 35.9 Å². The molecule has 0 aliphatic heterocycles. The largest absolute Gasteiger partial charge is 0.463 e. The highest BCUT2D eigenvalue weighted by Crippen LogP contribution is 2.15. The fourth-order valence-corrected chi connectivity index (χ4v) is 2.32. The number of fused-ring (bicyclic) bond motifs is 1. The molecule has 25 heavy (non-hydrogen) atoms. The van der Waals surface area contributed by atoms with Crippen LogP contribution < -0.4 is 10.2 Å². The van der Waals surface area contributed by atoms with Gasteiger partial charge in [-0.3, -0.25) is 14.4 Å². The highest BCUT2D eigenvalue weighted by molar-refractivity contribution is 6.07. The first-order valence-corrected chi connectivity index (χ1v) is 7.48. The van der Waals surface area contributed by atoms with Crippen molar-refractivity contribution in [2.24, 2.45) is 0 Å². The summed E-state index contributed by atoms with van der Waals surface area (Å²) in [5.41, 5.74) is 0.791. The molecule has 2 aromatic carbocycles. The van der Waals surface area contributed by atoms with Gasteiger partial charge in [0.1, 0.15) is 23.2 Å². The SMILES string of the molecule is [C-]#[N+]COc1cccc(/C=C/C(=O)c2coc3ccccc3c2=O)c1. The van der Waals surface area contributed by atoms with E-state index in [4.69, 9.17) is 15.7 Å². The third kappa shape index (κ3) is 3.65. The summed E-state index contributed by atoms with van der Waals surface area (Å²) in [5.74, 6) is 0.0998. The summed E-state index contributed by atoms with van der Waals surface area (Å²) >= 11 is 0. The molecule has 5 nitrogen and oxygen atoms in total. The fourth-order valence-electron chi connectivity index (χ4n) is 2.32. The molecule has 0 saturated carbocycles. The van der Waals surface area contributed by atoms with Crippen LogP contribution in [0.1, 0.15) is 15.9 Å². The lowest BCUT2D eigenvalue weighted by molar-refractivity contribution is 0.104. The standard InChI is InChI=1S/C20H13NO4/c1-21-13-25-15-6-4-5-14(11-15)9-10-18(22)17-12-24-19-8-3-2-7-16(19)20(17)23/h2-12H,13H2/b10-9+. The molecule has 0 bridgehead atoms. The Morgan fingerprint density at radius 3 is 2.88 bits per heavy atom. The lowest BCUT2D eigenvalue weighted by Crippen LogP contribution is -2.13. The van der Waals surface area contributed by atoms with Crippen LogP contribution in [-0.4, -0.2) is 12.5 Å². The number of hydrogen-bond acceptors (Lipinski definition) is 4. The third-order valence-electron chi connectivity index (χ3n) is 3.53. The zero-order chi connectivity index (χ0) is 17.6. The minimum Gasteiger partial charge on any atom is -0.463 e.